The summed E-state index contributed by atoms with van der Waals surface area (Å²) >= 11 is 0. The molecule has 6 nitrogen and oxygen atoms in total. The summed E-state index contributed by atoms with van der Waals surface area (Å²) in [5.41, 5.74) is 13.5. The largest absolute Gasteiger partial charge is 0.496 e. The Morgan fingerprint density at radius 3 is 2.24 bits per heavy atom. The Balaban J connectivity index is 0.000000170. The van der Waals surface area contributed by atoms with Crippen molar-refractivity contribution in [2.45, 2.75) is 0 Å². The third-order valence-electron chi connectivity index (χ3n) is 6.90. The number of nitrogens with zero attached hydrogens (tertiary/aromatic N) is 4. The van der Waals surface area contributed by atoms with E-state index in [1.54, 1.807) is 31.6 Å². The molecular formula is C34H24FN5O. The SMILES string of the molecule is COc1ccc(F)cc1-c1cccc(-n2cnc3cc(C#N)ccc32)c1.Nc1c2ccccc2nc2ccccc12. The highest BCUT2D eigenvalue weighted by Gasteiger charge is 2.11. The number of methoxy groups -OCH3 is 1. The number of nitrogen functional groups attached to an aromatic ring is 1. The zero-order valence-electron chi connectivity index (χ0n) is 22.1. The zero-order chi connectivity index (χ0) is 28.3. The molecule has 2 aromatic heterocycles. The average Bonchev–Trinajstić information content (AvgIpc) is 3.45. The predicted molar refractivity (Wildman–Crippen MR) is 161 cm³/mol. The van der Waals surface area contributed by atoms with Crippen LogP contribution in [-0.2, 0) is 0 Å². The van der Waals surface area contributed by atoms with Crippen LogP contribution in [-0.4, -0.2) is 21.6 Å². The van der Waals surface area contributed by atoms with Crippen LogP contribution in [0.4, 0.5) is 10.1 Å². The average molecular weight is 538 g/mol. The molecule has 0 atom stereocenters. The van der Waals surface area contributed by atoms with Gasteiger partial charge in [-0.1, -0.05) is 48.5 Å². The molecule has 2 N–H and O–H groups in total. The molecule has 2 heterocycles. The molecule has 7 heteroatoms. The van der Waals surface area contributed by atoms with Crippen LogP contribution in [0, 0.1) is 17.1 Å². The Hall–Kier alpha value is -5.74. The van der Waals surface area contributed by atoms with Gasteiger partial charge in [0.05, 0.1) is 46.5 Å². The Morgan fingerprint density at radius 2 is 1.54 bits per heavy atom. The summed E-state index contributed by atoms with van der Waals surface area (Å²) in [6.07, 6.45) is 1.72. The maximum atomic E-state index is 13.7. The van der Waals surface area contributed by atoms with E-state index in [2.05, 4.69) is 16.0 Å². The van der Waals surface area contributed by atoms with Gasteiger partial charge in [0.1, 0.15) is 17.9 Å². The van der Waals surface area contributed by atoms with Crippen molar-refractivity contribution in [3.8, 4) is 28.6 Å². The Labute approximate surface area is 235 Å². The molecule has 0 radical (unpaired) electrons. The number of rotatable bonds is 3. The van der Waals surface area contributed by atoms with Crippen LogP contribution >= 0.6 is 0 Å². The van der Waals surface area contributed by atoms with Crippen molar-refractivity contribution in [1.82, 2.24) is 14.5 Å². The van der Waals surface area contributed by atoms with Crippen molar-refractivity contribution in [3.63, 3.8) is 0 Å². The first-order valence-electron chi connectivity index (χ1n) is 12.9. The molecule has 198 valence electrons. The number of benzene rings is 5. The van der Waals surface area contributed by atoms with E-state index in [0.29, 0.717) is 16.9 Å². The number of imidazole rings is 1. The Morgan fingerprint density at radius 1 is 0.805 bits per heavy atom. The smallest absolute Gasteiger partial charge is 0.126 e. The minimum atomic E-state index is -0.316. The van der Waals surface area contributed by atoms with Crippen molar-refractivity contribution in [2.24, 2.45) is 0 Å². The van der Waals surface area contributed by atoms with E-state index >= 15 is 0 Å². The number of hydrogen-bond donors (Lipinski definition) is 1. The van der Waals surface area contributed by atoms with E-state index in [1.807, 2.05) is 83.4 Å². The molecule has 0 aliphatic heterocycles. The monoisotopic (exact) mass is 537 g/mol. The number of ether oxygens (including phenoxy) is 1. The predicted octanol–water partition coefficient (Wildman–Crippen LogP) is 7.68. The first-order chi connectivity index (χ1) is 20.1. The van der Waals surface area contributed by atoms with Gasteiger partial charge in [-0.2, -0.15) is 5.26 Å². The molecule has 0 saturated carbocycles. The van der Waals surface area contributed by atoms with Crippen molar-refractivity contribution in [3.05, 3.63) is 127 Å². The summed E-state index contributed by atoms with van der Waals surface area (Å²) < 4.78 is 21.0. The molecule has 0 bridgehead atoms. The maximum Gasteiger partial charge on any atom is 0.126 e. The number of nitriles is 1. The highest BCUT2D eigenvalue weighted by molar-refractivity contribution is 6.06. The van der Waals surface area contributed by atoms with E-state index in [4.69, 9.17) is 15.7 Å². The third-order valence-corrected chi connectivity index (χ3v) is 6.90. The fraction of sp³-hybridized carbons (Fsp3) is 0.0294. The van der Waals surface area contributed by atoms with Gasteiger partial charge in [0.15, 0.2) is 0 Å². The highest BCUT2D eigenvalue weighted by Crippen LogP contribution is 2.32. The number of anilines is 1. The second-order valence-electron chi connectivity index (χ2n) is 9.38. The maximum absolute atomic E-state index is 13.7. The van der Waals surface area contributed by atoms with Crippen molar-refractivity contribution in [2.75, 3.05) is 12.8 Å². The number of fused-ring (bicyclic) bond motifs is 3. The number of hydrogen-bond acceptors (Lipinski definition) is 5. The van der Waals surface area contributed by atoms with E-state index in [1.165, 1.54) is 12.1 Å². The lowest BCUT2D eigenvalue weighted by Gasteiger charge is -2.11. The zero-order valence-corrected chi connectivity index (χ0v) is 22.1. The second-order valence-corrected chi connectivity index (χ2v) is 9.38. The van der Waals surface area contributed by atoms with Crippen LogP contribution < -0.4 is 10.5 Å². The number of nitrogens with two attached hydrogens (primary N) is 1. The number of pyridine rings is 1. The highest BCUT2D eigenvalue weighted by atomic mass is 19.1. The van der Waals surface area contributed by atoms with E-state index < -0.39 is 0 Å². The van der Waals surface area contributed by atoms with Gasteiger partial charge in [0.2, 0.25) is 0 Å². The molecule has 0 unspecified atom stereocenters. The summed E-state index contributed by atoms with van der Waals surface area (Å²) in [5, 5.41) is 11.1. The minimum absolute atomic E-state index is 0.316. The lowest BCUT2D eigenvalue weighted by Crippen LogP contribution is -1.94. The van der Waals surface area contributed by atoms with Gasteiger partial charge in [-0.15, -0.1) is 0 Å². The van der Waals surface area contributed by atoms with Crippen molar-refractivity contribution in [1.29, 1.82) is 5.26 Å². The summed E-state index contributed by atoms with van der Waals surface area (Å²) in [6, 6.07) is 35.6. The summed E-state index contributed by atoms with van der Waals surface area (Å²) in [7, 11) is 1.57. The number of aromatic nitrogens is 3. The fourth-order valence-corrected chi connectivity index (χ4v) is 4.89. The Kier molecular flexibility index (Phi) is 6.72. The summed E-state index contributed by atoms with van der Waals surface area (Å²) in [5.74, 6) is 0.293. The first-order valence-corrected chi connectivity index (χ1v) is 12.9. The molecule has 41 heavy (non-hydrogen) atoms. The first kappa shape index (κ1) is 25.5. The molecule has 0 saturated heterocycles. The number of halogens is 1. The van der Waals surface area contributed by atoms with E-state index in [9.17, 15) is 4.39 Å². The lowest BCUT2D eigenvalue weighted by atomic mass is 10.0. The molecule has 7 rings (SSSR count). The van der Waals surface area contributed by atoms with Gasteiger partial charge in [0.25, 0.3) is 0 Å². The van der Waals surface area contributed by atoms with Crippen LogP contribution in [0.1, 0.15) is 5.56 Å². The molecule has 0 spiro atoms. The quantitative estimate of drug-likeness (QED) is 0.234. The van der Waals surface area contributed by atoms with Crippen LogP contribution in [0.15, 0.2) is 116 Å². The molecular weight excluding hydrogens is 513 g/mol. The van der Waals surface area contributed by atoms with Gasteiger partial charge in [-0.3, -0.25) is 4.57 Å². The topological polar surface area (TPSA) is 89.8 Å². The van der Waals surface area contributed by atoms with Gasteiger partial charge in [0, 0.05) is 22.0 Å². The van der Waals surface area contributed by atoms with E-state index in [0.717, 1.165) is 49.8 Å². The standard InChI is InChI=1S/C21H14FN3O.C13H10N2/c1-26-21-8-6-16(22)11-18(21)15-3-2-4-17(10-15)25-13-24-19-9-14(12-23)5-7-20(19)25;14-13-9-5-1-3-7-11(9)15-12-8-4-2-6-10(12)13/h2-11,13H,1H3;1-8H,(H2,14,15). The van der Waals surface area contributed by atoms with Crippen LogP contribution in [0.5, 0.6) is 5.75 Å². The number of para-hydroxylation sites is 2. The third kappa shape index (κ3) is 4.90. The fourth-order valence-electron chi connectivity index (χ4n) is 4.89. The normalized spacial score (nSPS) is 10.8. The summed E-state index contributed by atoms with van der Waals surface area (Å²) in [6.45, 7) is 0. The van der Waals surface area contributed by atoms with E-state index in [-0.39, 0.29) is 5.82 Å². The second kappa shape index (κ2) is 10.8. The molecule has 5 aromatic carbocycles. The molecule has 0 amide bonds. The van der Waals surface area contributed by atoms with Crippen LogP contribution in [0.25, 0.3) is 49.7 Å². The van der Waals surface area contributed by atoms with Gasteiger partial charge in [-0.05, 0) is 66.2 Å². The van der Waals surface area contributed by atoms with Crippen LogP contribution in [0.3, 0.4) is 0 Å². The van der Waals surface area contributed by atoms with Crippen molar-refractivity contribution >= 4 is 38.5 Å². The van der Waals surface area contributed by atoms with Gasteiger partial charge in [-0.25, -0.2) is 14.4 Å². The molecule has 7 aromatic rings. The summed E-state index contributed by atoms with van der Waals surface area (Å²) in [4.78, 5) is 8.94. The molecule has 0 aliphatic rings. The lowest BCUT2D eigenvalue weighted by molar-refractivity contribution is 0.415. The molecule has 0 fully saturated rings. The Bertz CT molecular complexity index is 2040. The van der Waals surface area contributed by atoms with Gasteiger partial charge >= 0.3 is 0 Å². The molecule has 0 aliphatic carbocycles. The van der Waals surface area contributed by atoms with Crippen LogP contribution in [0.2, 0.25) is 0 Å². The van der Waals surface area contributed by atoms with Crippen molar-refractivity contribution < 1.29 is 9.13 Å². The van der Waals surface area contributed by atoms with Gasteiger partial charge < -0.3 is 10.5 Å². The minimum Gasteiger partial charge on any atom is -0.496 e.